The van der Waals surface area contributed by atoms with Gasteiger partial charge in [0.05, 0.1) is 13.7 Å². The van der Waals surface area contributed by atoms with Crippen molar-refractivity contribution >= 4 is 0 Å². The van der Waals surface area contributed by atoms with Crippen molar-refractivity contribution in [2.75, 3.05) is 13.7 Å². The highest BCUT2D eigenvalue weighted by Crippen LogP contribution is 2.14. The minimum Gasteiger partial charge on any atom is -0.497 e. The quantitative estimate of drug-likeness (QED) is 0.521. The Morgan fingerprint density at radius 3 is 2.25 bits per heavy atom. The molecule has 0 unspecified atom stereocenters. The zero-order valence-electron chi connectivity index (χ0n) is 15.0. The predicted octanol–water partition coefficient (Wildman–Crippen LogP) is 5.36. The smallest absolute Gasteiger partial charge is 0.213 e. The molecule has 1 aromatic heterocycles. The first-order chi connectivity index (χ1) is 11.8. The maximum Gasteiger partial charge on any atom is 0.213 e. The summed E-state index contributed by atoms with van der Waals surface area (Å²) in [5.41, 5.74) is 2.40. The summed E-state index contributed by atoms with van der Waals surface area (Å²) < 4.78 is 10.8. The summed E-state index contributed by atoms with van der Waals surface area (Å²) >= 11 is 0. The van der Waals surface area contributed by atoms with E-state index in [1.165, 1.54) is 37.7 Å². The topological polar surface area (TPSA) is 31.4 Å². The highest BCUT2D eigenvalue weighted by molar-refractivity contribution is 5.27. The van der Waals surface area contributed by atoms with Gasteiger partial charge in [0.1, 0.15) is 5.75 Å². The SMILES string of the molecule is COc1ccc(CCCCCCCCOc2cccc(C)n2)cc1. The van der Waals surface area contributed by atoms with Crippen molar-refractivity contribution in [1.29, 1.82) is 0 Å². The number of aryl methyl sites for hydroxylation is 2. The van der Waals surface area contributed by atoms with Gasteiger partial charge in [-0.2, -0.15) is 0 Å². The number of hydrogen-bond acceptors (Lipinski definition) is 3. The van der Waals surface area contributed by atoms with E-state index < -0.39 is 0 Å². The summed E-state index contributed by atoms with van der Waals surface area (Å²) in [5.74, 6) is 1.68. The van der Waals surface area contributed by atoms with Gasteiger partial charge < -0.3 is 9.47 Å². The van der Waals surface area contributed by atoms with E-state index in [2.05, 4.69) is 17.1 Å². The summed E-state index contributed by atoms with van der Waals surface area (Å²) in [4.78, 5) is 4.34. The Bertz CT molecular complexity index is 581. The van der Waals surface area contributed by atoms with Gasteiger partial charge in [0.25, 0.3) is 0 Å². The maximum atomic E-state index is 5.67. The molecule has 0 aliphatic rings. The minimum atomic E-state index is 0.745. The molecule has 3 heteroatoms. The number of aromatic nitrogens is 1. The Morgan fingerprint density at radius 1 is 0.833 bits per heavy atom. The van der Waals surface area contributed by atoms with Crippen LogP contribution < -0.4 is 9.47 Å². The number of pyridine rings is 1. The van der Waals surface area contributed by atoms with Gasteiger partial charge in [0, 0.05) is 11.8 Å². The van der Waals surface area contributed by atoms with E-state index in [4.69, 9.17) is 9.47 Å². The van der Waals surface area contributed by atoms with Gasteiger partial charge in [-0.15, -0.1) is 0 Å². The van der Waals surface area contributed by atoms with Gasteiger partial charge in [-0.05, 0) is 49.9 Å². The van der Waals surface area contributed by atoms with Gasteiger partial charge >= 0.3 is 0 Å². The Morgan fingerprint density at radius 2 is 1.54 bits per heavy atom. The molecule has 1 aromatic carbocycles. The largest absolute Gasteiger partial charge is 0.497 e. The highest BCUT2D eigenvalue weighted by atomic mass is 16.5. The lowest BCUT2D eigenvalue weighted by atomic mass is 10.0. The molecule has 3 nitrogen and oxygen atoms in total. The van der Waals surface area contributed by atoms with Crippen molar-refractivity contribution in [2.45, 2.75) is 51.9 Å². The lowest BCUT2D eigenvalue weighted by Crippen LogP contribution is -1.99. The van der Waals surface area contributed by atoms with Gasteiger partial charge in [-0.3, -0.25) is 0 Å². The molecule has 0 fully saturated rings. The first kappa shape index (κ1) is 18.3. The third kappa shape index (κ3) is 7.03. The third-order valence-corrected chi connectivity index (χ3v) is 4.13. The Kier molecular flexibility index (Phi) is 8.16. The number of ether oxygens (including phenoxy) is 2. The molecule has 1 heterocycles. The minimum absolute atomic E-state index is 0.745. The first-order valence-electron chi connectivity index (χ1n) is 8.97. The van der Waals surface area contributed by atoms with Crippen molar-refractivity contribution in [3.05, 3.63) is 53.7 Å². The molecular formula is C21H29NO2. The predicted molar refractivity (Wildman–Crippen MR) is 98.9 cm³/mol. The van der Waals surface area contributed by atoms with Gasteiger partial charge in [0.15, 0.2) is 0 Å². The van der Waals surface area contributed by atoms with Crippen LogP contribution in [0, 0.1) is 6.92 Å². The molecule has 24 heavy (non-hydrogen) atoms. The summed E-state index contributed by atoms with van der Waals surface area (Å²) in [5, 5.41) is 0. The molecule has 0 aliphatic heterocycles. The number of unbranched alkanes of at least 4 members (excludes halogenated alkanes) is 5. The lowest BCUT2D eigenvalue weighted by Gasteiger charge is -2.06. The number of rotatable bonds is 11. The fourth-order valence-corrected chi connectivity index (χ4v) is 2.71. The number of benzene rings is 1. The molecule has 0 saturated heterocycles. The van der Waals surface area contributed by atoms with Gasteiger partial charge in [-0.1, -0.05) is 43.9 Å². The number of methoxy groups -OCH3 is 1. The van der Waals surface area contributed by atoms with Crippen LogP contribution in [0.25, 0.3) is 0 Å². The van der Waals surface area contributed by atoms with E-state index >= 15 is 0 Å². The number of hydrogen-bond donors (Lipinski definition) is 0. The average Bonchev–Trinajstić information content (AvgIpc) is 2.61. The second-order valence-corrected chi connectivity index (χ2v) is 6.19. The third-order valence-electron chi connectivity index (χ3n) is 4.13. The average molecular weight is 327 g/mol. The Labute approximate surface area is 146 Å². The van der Waals surface area contributed by atoms with Crippen LogP contribution in [0.5, 0.6) is 11.6 Å². The van der Waals surface area contributed by atoms with E-state index in [9.17, 15) is 0 Å². The molecule has 130 valence electrons. The van der Waals surface area contributed by atoms with Crippen LogP contribution in [0.1, 0.15) is 49.8 Å². The van der Waals surface area contributed by atoms with Gasteiger partial charge in [-0.25, -0.2) is 4.98 Å². The molecule has 2 rings (SSSR count). The summed E-state index contributed by atoms with van der Waals surface area (Å²) in [7, 11) is 1.71. The highest BCUT2D eigenvalue weighted by Gasteiger charge is 1.97. The fraction of sp³-hybridized carbons (Fsp3) is 0.476. The van der Waals surface area contributed by atoms with Crippen LogP contribution in [0.15, 0.2) is 42.5 Å². The molecule has 0 N–H and O–H groups in total. The van der Waals surface area contributed by atoms with Crippen molar-refractivity contribution in [3.63, 3.8) is 0 Å². The molecule has 0 radical (unpaired) electrons. The summed E-state index contributed by atoms with van der Waals surface area (Å²) in [6.45, 7) is 2.75. The normalized spacial score (nSPS) is 10.6. The Balaban J connectivity index is 1.45. The Hall–Kier alpha value is -2.03. The van der Waals surface area contributed by atoms with Gasteiger partial charge in [0.2, 0.25) is 5.88 Å². The summed E-state index contributed by atoms with van der Waals surface area (Å²) in [6.07, 6.45) is 8.64. The second kappa shape index (κ2) is 10.7. The van der Waals surface area contributed by atoms with Crippen LogP contribution in [0.2, 0.25) is 0 Å². The van der Waals surface area contributed by atoms with Crippen LogP contribution >= 0.6 is 0 Å². The van der Waals surface area contributed by atoms with Crippen molar-refractivity contribution in [2.24, 2.45) is 0 Å². The van der Waals surface area contributed by atoms with Crippen molar-refractivity contribution in [3.8, 4) is 11.6 Å². The van der Waals surface area contributed by atoms with Crippen LogP contribution in [0.4, 0.5) is 0 Å². The molecule has 0 bridgehead atoms. The van der Waals surface area contributed by atoms with Crippen LogP contribution in [-0.4, -0.2) is 18.7 Å². The molecule has 0 amide bonds. The molecule has 2 aromatic rings. The zero-order valence-corrected chi connectivity index (χ0v) is 15.0. The van der Waals surface area contributed by atoms with Crippen molar-refractivity contribution < 1.29 is 9.47 Å². The lowest BCUT2D eigenvalue weighted by molar-refractivity contribution is 0.292. The molecule has 0 aliphatic carbocycles. The van der Waals surface area contributed by atoms with E-state index in [0.29, 0.717) is 0 Å². The first-order valence-corrected chi connectivity index (χ1v) is 8.97. The van der Waals surface area contributed by atoms with E-state index in [-0.39, 0.29) is 0 Å². The maximum absolute atomic E-state index is 5.67. The number of nitrogens with zero attached hydrogens (tertiary/aromatic N) is 1. The van der Waals surface area contributed by atoms with E-state index in [1.807, 2.05) is 37.3 Å². The monoisotopic (exact) mass is 327 g/mol. The molecule has 0 spiro atoms. The second-order valence-electron chi connectivity index (χ2n) is 6.19. The summed E-state index contributed by atoms with van der Waals surface area (Å²) in [6, 6.07) is 14.3. The molecule has 0 atom stereocenters. The zero-order chi connectivity index (χ0) is 17.0. The van der Waals surface area contributed by atoms with E-state index in [1.54, 1.807) is 7.11 Å². The molecular weight excluding hydrogens is 298 g/mol. The molecule has 0 saturated carbocycles. The van der Waals surface area contributed by atoms with E-state index in [0.717, 1.165) is 36.8 Å². The fourth-order valence-electron chi connectivity index (χ4n) is 2.71. The van der Waals surface area contributed by atoms with Crippen LogP contribution in [0.3, 0.4) is 0 Å². The van der Waals surface area contributed by atoms with Crippen molar-refractivity contribution in [1.82, 2.24) is 4.98 Å². The van der Waals surface area contributed by atoms with Crippen LogP contribution in [-0.2, 0) is 6.42 Å². The standard InChI is InChI=1S/C21H29NO2/c1-18-10-9-12-21(22-18)24-17-8-6-4-3-5-7-11-19-13-15-20(23-2)16-14-19/h9-10,12-16H,3-8,11,17H2,1-2H3.